The van der Waals surface area contributed by atoms with Crippen molar-refractivity contribution in [3.8, 4) is 0 Å². The number of allylic oxidation sites excluding steroid dienone is 12. The van der Waals surface area contributed by atoms with Gasteiger partial charge in [-0.1, -0.05) is 293 Å². The second-order valence-electron chi connectivity index (χ2n) is 23.1. The summed E-state index contributed by atoms with van der Waals surface area (Å²) in [6, 6.07) is 0. The predicted octanol–water partition coefficient (Wildman–Crippen LogP) is 23.7. The van der Waals surface area contributed by atoms with Crippen molar-refractivity contribution < 1.29 is 28.6 Å². The van der Waals surface area contributed by atoms with Gasteiger partial charge in [0.1, 0.15) is 13.2 Å². The minimum Gasteiger partial charge on any atom is -0.462 e. The summed E-state index contributed by atoms with van der Waals surface area (Å²) in [5.74, 6) is -0.888. The highest BCUT2D eigenvalue weighted by Gasteiger charge is 2.19. The van der Waals surface area contributed by atoms with E-state index < -0.39 is 6.10 Å². The van der Waals surface area contributed by atoms with Gasteiger partial charge in [0.25, 0.3) is 0 Å². The molecule has 0 N–H and O–H groups in total. The van der Waals surface area contributed by atoms with Crippen LogP contribution in [0.25, 0.3) is 0 Å². The second-order valence-corrected chi connectivity index (χ2v) is 23.1. The van der Waals surface area contributed by atoms with E-state index in [2.05, 4.69) is 93.7 Å². The molecule has 79 heavy (non-hydrogen) atoms. The average Bonchev–Trinajstić information content (AvgIpc) is 3.45. The van der Waals surface area contributed by atoms with Gasteiger partial charge >= 0.3 is 17.9 Å². The Balaban J connectivity index is 4.14. The van der Waals surface area contributed by atoms with Gasteiger partial charge in [-0.3, -0.25) is 14.4 Å². The van der Waals surface area contributed by atoms with Gasteiger partial charge in [-0.15, -0.1) is 0 Å². The first kappa shape index (κ1) is 75.8. The van der Waals surface area contributed by atoms with E-state index in [-0.39, 0.29) is 31.1 Å². The maximum atomic E-state index is 12.9. The Morgan fingerprint density at radius 3 is 0.759 bits per heavy atom. The van der Waals surface area contributed by atoms with E-state index >= 15 is 0 Å². The average molecular weight is 1100 g/mol. The molecular formula is C73H130O6. The largest absolute Gasteiger partial charge is 0.462 e. The number of hydrogen-bond donors (Lipinski definition) is 0. The lowest BCUT2D eigenvalue weighted by atomic mass is 10.0. The number of unbranched alkanes of at least 4 members (excludes halogenated alkanes) is 40. The lowest BCUT2D eigenvalue weighted by Gasteiger charge is -2.18. The fraction of sp³-hybridized carbons (Fsp3) is 0.795. The number of rotatable bonds is 63. The molecule has 0 fully saturated rings. The zero-order valence-electron chi connectivity index (χ0n) is 52.6. The van der Waals surface area contributed by atoms with Crippen LogP contribution in [0.4, 0.5) is 0 Å². The molecule has 0 aliphatic heterocycles. The molecule has 6 heteroatoms. The molecule has 6 nitrogen and oxygen atoms in total. The third-order valence-corrected chi connectivity index (χ3v) is 15.2. The zero-order valence-corrected chi connectivity index (χ0v) is 52.6. The van der Waals surface area contributed by atoms with E-state index in [1.165, 1.54) is 212 Å². The van der Waals surface area contributed by atoms with Crippen LogP contribution < -0.4 is 0 Å². The van der Waals surface area contributed by atoms with Crippen LogP contribution in [-0.2, 0) is 28.6 Å². The molecule has 0 saturated carbocycles. The summed E-state index contributed by atoms with van der Waals surface area (Å²) < 4.78 is 16.9. The molecule has 0 aromatic rings. The highest BCUT2D eigenvalue weighted by Crippen LogP contribution is 2.17. The number of hydrogen-bond acceptors (Lipinski definition) is 6. The number of esters is 3. The van der Waals surface area contributed by atoms with Crippen molar-refractivity contribution in [2.24, 2.45) is 0 Å². The molecule has 1 unspecified atom stereocenters. The maximum Gasteiger partial charge on any atom is 0.306 e. The maximum absolute atomic E-state index is 12.9. The Morgan fingerprint density at radius 2 is 0.456 bits per heavy atom. The molecule has 0 radical (unpaired) electrons. The molecule has 0 bridgehead atoms. The standard InChI is InChI=1S/C73H130O6/c1-4-7-10-13-16-19-22-25-27-28-29-30-31-32-33-34-35-36-37-38-39-40-41-42-43-44-46-48-51-54-57-60-63-66-72(75)78-69-70(68-77-71(74)65-62-59-56-53-50-47-24-21-18-15-12-9-6-3)79-73(76)67-64-61-58-55-52-49-45-26-23-20-17-14-11-8-5-2/h17,20-22,24-26,28-29,31-32,45,70H,4-16,18-19,23,27,30,33-44,46-69H2,1-3H3/b20-17-,24-21-,25-22-,29-28-,32-31-,45-26-. The van der Waals surface area contributed by atoms with Crippen LogP contribution >= 0.6 is 0 Å². The topological polar surface area (TPSA) is 78.9 Å². The smallest absolute Gasteiger partial charge is 0.306 e. The van der Waals surface area contributed by atoms with Crippen LogP contribution in [-0.4, -0.2) is 37.2 Å². The molecule has 0 aliphatic carbocycles. The van der Waals surface area contributed by atoms with Gasteiger partial charge in [0.15, 0.2) is 6.10 Å². The Hall–Kier alpha value is -3.15. The van der Waals surface area contributed by atoms with Crippen molar-refractivity contribution in [3.05, 3.63) is 72.9 Å². The fourth-order valence-corrected chi connectivity index (χ4v) is 9.95. The van der Waals surface area contributed by atoms with Crippen molar-refractivity contribution in [2.75, 3.05) is 13.2 Å². The second kappa shape index (κ2) is 67.4. The molecule has 0 amide bonds. The normalized spacial score (nSPS) is 12.5. The van der Waals surface area contributed by atoms with Gasteiger partial charge in [0.05, 0.1) is 0 Å². The van der Waals surface area contributed by atoms with E-state index in [9.17, 15) is 14.4 Å². The van der Waals surface area contributed by atoms with Gasteiger partial charge in [-0.05, 0) is 116 Å². The minimum atomic E-state index is -0.785. The van der Waals surface area contributed by atoms with E-state index in [1.54, 1.807) is 0 Å². The first-order chi connectivity index (χ1) is 39.0. The molecule has 0 rings (SSSR count). The lowest BCUT2D eigenvalue weighted by molar-refractivity contribution is -0.167. The molecule has 458 valence electrons. The van der Waals surface area contributed by atoms with Crippen LogP contribution in [0.15, 0.2) is 72.9 Å². The van der Waals surface area contributed by atoms with Crippen LogP contribution in [0.2, 0.25) is 0 Å². The molecule has 0 heterocycles. The minimum absolute atomic E-state index is 0.0806. The van der Waals surface area contributed by atoms with E-state index in [4.69, 9.17) is 14.2 Å². The molecule has 1 atom stereocenters. The Kier molecular flexibility index (Phi) is 64.7. The number of ether oxygens (including phenoxy) is 3. The summed E-state index contributed by atoms with van der Waals surface area (Å²) in [5, 5.41) is 0. The lowest BCUT2D eigenvalue weighted by Crippen LogP contribution is -2.30. The van der Waals surface area contributed by atoms with Crippen molar-refractivity contribution in [1.29, 1.82) is 0 Å². The van der Waals surface area contributed by atoms with Gasteiger partial charge in [-0.25, -0.2) is 0 Å². The summed E-state index contributed by atoms with van der Waals surface area (Å²) in [5.41, 5.74) is 0. The molecule has 0 aliphatic rings. The Bertz CT molecular complexity index is 1450. The number of carbonyl (C=O) groups is 3. The van der Waals surface area contributed by atoms with Crippen molar-refractivity contribution in [2.45, 2.75) is 361 Å². The van der Waals surface area contributed by atoms with Crippen LogP contribution in [0.5, 0.6) is 0 Å². The van der Waals surface area contributed by atoms with E-state index in [0.717, 1.165) is 103 Å². The molecule has 0 aromatic carbocycles. The molecule has 0 spiro atoms. The van der Waals surface area contributed by atoms with Crippen LogP contribution in [0.1, 0.15) is 355 Å². The summed E-state index contributed by atoms with van der Waals surface area (Å²) in [6.45, 7) is 6.61. The SMILES string of the molecule is CCCCC/C=C\C/C=C\CCCCCCCC(=O)OC(COC(=O)CCCCCCC/C=C\CCCCCC)COC(=O)CCCCCCCCCCCCCCCCCCCC/C=C\C/C=C\C/C=C\CCCCCCC. The van der Waals surface area contributed by atoms with Crippen LogP contribution in [0, 0.1) is 0 Å². The Labute approximate surface area is 491 Å². The third-order valence-electron chi connectivity index (χ3n) is 15.2. The van der Waals surface area contributed by atoms with Crippen molar-refractivity contribution >= 4 is 17.9 Å². The number of carbonyl (C=O) groups excluding carboxylic acids is 3. The predicted molar refractivity (Wildman–Crippen MR) is 344 cm³/mol. The quantitative estimate of drug-likeness (QED) is 0.0261. The van der Waals surface area contributed by atoms with Gasteiger partial charge < -0.3 is 14.2 Å². The molecular weight excluding hydrogens is 973 g/mol. The fourth-order valence-electron chi connectivity index (χ4n) is 9.95. The van der Waals surface area contributed by atoms with Crippen molar-refractivity contribution in [1.82, 2.24) is 0 Å². The van der Waals surface area contributed by atoms with E-state index in [0.29, 0.717) is 19.3 Å². The monoisotopic (exact) mass is 1100 g/mol. The van der Waals surface area contributed by atoms with Gasteiger partial charge in [-0.2, -0.15) is 0 Å². The zero-order chi connectivity index (χ0) is 57.1. The van der Waals surface area contributed by atoms with Crippen LogP contribution in [0.3, 0.4) is 0 Å². The van der Waals surface area contributed by atoms with Gasteiger partial charge in [0, 0.05) is 19.3 Å². The summed E-state index contributed by atoms with van der Waals surface area (Å²) in [6.07, 6.45) is 87.9. The first-order valence-corrected chi connectivity index (χ1v) is 34.4. The summed E-state index contributed by atoms with van der Waals surface area (Å²) in [4.78, 5) is 38.3. The highest BCUT2D eigenvalue weighted by molar-refractivity contribution is 5.71. The van der Waals surface area contributed by atoms with Crippen molar-refractivity contribution in [3.63, 3.8) is 0 Å². The molecule has 0 saturated heterocycles. The van der Waals surface area contributed by atoms with E-state index in [1.807, 2.05) is 0 Å². The summed E-state index contributed by atoms with van der Waals surface area (Å²) in [7, 11) is 0. The van der Waals surface area contributed by atoms with Gasteiger partial charge in [0.2, 0.25) is 0 Å². The Morgan fingerprint density at radius 1 is 0.253 bits per heavy atom. The molecule has 0 aromatic heterocycles. The first-order valence-electron chi connectivity index (χ1n) is 34.4. The third kappa shape index (κ3) is 65.5. The summed E-state index contributed by atoms with van der Waals surface area (Å²) >= 11 is 0. The highest BCUT2D eigenvalue weighted by atomic mass is 16.6.